The van der Waals surface area contributed by atoms with Gasteiger partial charge in [0.25, 0.3) is 5.91 Å². The number of anilines is 1. The van der Waals surface area contributed by atoms with Gasteiger partial charge in [-0.25, -0.2) is 0 Å². The van der Waals surface area contributed by atoms with Crippen LogP contribution < -0.4 is 15.8 Å². The van der Waals surface area contributed by atoms with Gasteiger partial charge in [0, 0.05) is 5.56 Å². The molecule has 110 valence electrons. The van der Waals surface area contributed by atoms with Crippen LogP contribution in [0.1, 0.15) is 35.8 Å². The van der Waals surface area contributed by atoms with Gasteiger partial charge < -0.3 is 15.8 Å². The van der Waals surface area contributed by atoms with Crippen molar-refractivity contribution in [2.75, 3.05) is 12.3 Å². The maximum atomic E-state index is 12.2. The van der Waals surface area contributed by atoms with Gasteiger partial charge in [0.05, 0.1) is 18.3 Å². The molecule has 2 aromatic carbocycles. The predicted molar refractivity (Wildman–Crippen MR) is 84.3 cm³/mol. The Morgan fingerprint density at radius 3 is 2.57 bits per heavy atom. The molecule has 0 spiro atoms. The van der Waals surface area contributed by atoms with Gasteiger partial charge in [-0.2, -0.15) is 0 Å². The summed E-state index contributed by atoms with van der Waals surface area (Å²) in [7, 11) is 0. The Hall–Kier alpha value is -2.49. The zero-order valence-electron chi connectivity index (χ0n) is 12.3. The number of ether oxygens (including phenoxy) is 1. The lowest BCUT2D eigenvalue weighted by atomic mass is 10.1. The highest BCUT2D eigenvalue weighted by atomic mass is 16.5. The molecule has 1 amide bonds. The Kier molecular flexibility index (Phi) is 4.82. The average molecular weight is 284 g/mol. The molecule has 2 rings (SSSR count). The summed E-state index contributed by atoms with van der Waals surface area (Å²) in [6.07, 6.45) is 0. The molecule has 0 aromatic heterocycles. The Morgan fingerprint density at radius 2 is 1.95 bits per heavy atom. The fourth-order valence-electron chi connectivity index (χ4n) is 2.08. The standard InChI is InChI=1S/C17H20N2O2/c1-3-21-16-10-9-14(11-15(16)18)17(20)19-12(2)13-7-5-4-6-8-13/h4-12H,3,18H2,1-2H3,(H,19,20)/t12-/m1/s1. The first-order chi connectivity index (χ1) is 10.1. The van der Waals surface area contributed by atoms with Gasteiger partial charge in [-0.3, -0.25) is 4.79 Å². The molecule has 0 aliphatic carbocycles. The number of carbonyl (C=O) groups is 1. The summed E-state index contributed by atoms with van der Waals surface area (Å²) >= 11 is 0. The van der Waals surface area contributed by atoms with Crippen LogP contribution in [-0.4, -0.2) is 12.5 Å². The van der Waals surface area contributed by atoms with Gasteiger partial charge in [0.15, 0.2) is 0 Å². The van der Waals surface area contributed by atoms with Crippen molar-refractivity contribution in [2.45, 2.75) is 19.9 Å². The molecule has 3 N–H and O–H groups in total. The molecule has 0 aliphatic rings. The molecular formula is C17H20N2O2. The van der Waals surface area contributed by atoms with Gasteiger partial charge >= 0.3 is 0 Å². The van der Waals surface area contributed by atoms with Crippen LogP contribution in [0.2, 0.25) is 0 Å². The number of benzene rings is 2. The van der Waals surface area contributed by atoms with Crippen LogP contribution in [0.5, 0.6) is 5.75 Å². The van der Waals surface area contributed by atoms with Crippen LogP contribution in [0.4, 0.5) is 5.69 Å². The molecule has 0 saturated heterocycles. The van der Waals surface area contributed by atoms with Gasteiger partial charge in [-0.15, -0.1) is 0 Å². The first kappa shape index (κ1) is 14.9. The third kappa shape index (κ3) is 3.75. The third-order valence-corrected chi connectivity index (χ3v) is 3.22. The summed E-state index contributed by atoms with van der Waals surface area (Å²) in [5.41, 5.74) is 7.94. The van der Waals surface area contributed by atoms with Gasteiger partial charge in [0.1, 0.15) is 5.75 Å². The lowest BCUT2D eigenvalue weighted by Gasteiger charge is -2.15. The minimum atomic E-state index is -0.152. The minimum absolute atomic E-state index is 0.0634. The molecule has 0 aliphatic heterocycles. The molecule has 0 unspecified atom stereocenters. The fraction of sp³-hybridized carbons (Fsp3) is 0.235. The van der Waals surface area contributed by atoms with Crippen LogP contribution in [0, 0.1) is 0 Å². The first-order valence-corrected chi connectivity index (χ1v) is 7.00. The Balaban J connectivity index is 2.08. The highest BCUT2D eigenvalue weighted by Crippen LogP contribution is 2.23. The van der Waals surface area contributed by atoms with Crippen molar-refractivity contribution >= 4 is 11.6 Å². The first-order valence-electron chi connectivity index (χ1n) is 7.00. The van der Waals surface area contributed by atoms with Crippen molar-refractivity contribution in [1.29, 1.82) is 0 Å². The summed E-state index contributed by atoms with van der Waals surface area (Å²) < 4.78 is 5.37. The van der Waals surface area contributed by atoms with Crippen molar-refractivity contribution in [3.05, 3.63) is 59.7 Å². The van der Waals surface area contributed by atoms with Crippen molar-refractivity contribution in [1.82, 2.24) is 5.32 Å². The maximum Gasteiger partial charge on any atom is 0.251 e. The van der Waals surface area contributed by atoms with Crippen LogP contribution in [0.3, 0.4) is 0 Å². The highest BCUT2D eigenvalue weighted by Gasteiger charge is 2.12. The monoisotopic (exact) mass is 284 g/mol. The Labute approximate surface area is 124 Å². The van der Waals surface area contributed by atoms with Crippen molar-refractivity contribution in [2.24, 2.45) is 0 Å². The predicted octanol–water partition coefficient (Wildman–Crippen LogP) is 3.16. The summed E-state index contributed by atoms with van der Waals surface area (Å²) in [6.45, 7) is 4.38. The molecule has 0 radical (unpaired) electrons. The number of amides is 1. The normalized spacial score (nSPS) is 11.7. The van der Waals surface area contributed by atoms with E-state index < -0.39 is 0 Å². The van der Waals surface area contributed by atoms with Gasteiger partial charge in [-0.05, 0) is 37.6 Å². The van der Waals surface area contributed by atoms with Crippen molar-refractivity contribution < 1.29 is 9.53 Å². The second-order valence-electron chi connectivity index (χ2n) is 4.79. The quantitative estimate of drug-likeness (QED) is 0.829. The van der Waals surface area contributed by atoms with E-state index in [0.717, 1.165) is 5.56 Å². The summed E-state index contributed by atoms with van der Waals surface area (Å²) in [4.78, 5) is 12.2. The lowest BCUT2D eigenvalue weighted by molar-refractivity contribution is 0.0940. The molecule has 4 nitrogen and oxygen atoms in total. The van der Waals surface area contributed by atoms with Crippen LogP contribution in [-0.2, 0) is 0 Å². The summed E-state index contributed by atoms with van der Waals surface area (Å²) in [5, 5.41) is 2.96. The average Bonchev–Trinajstić information content (AvgIpc) is 2.50. The topological polar surface area (TPSA) is 64.3 Å². The van der Waals surface area contributed by atoms with Crippen LogP contribution in [0.15, 0.2) is 48.5 Å². The number of rotatable bonds is 5. The largest absolute Gasteiger partial charge is 0.492 e. The van der Waals surface area contributed by atoms with E-state index in [2.05, 4.69) is 5.32 Å². The van der Waals surface area contributed by atoms with E-state index in [1.807, 2.05) is 44.2 Å². The lowest BCUT2D eigenvalue weighted by Crippen LogP contribution is -2.26. The molecule has 1 atom stereocenters. The summed E-state index contributed by atoms with van der Waals surface area (Å²) in [5.74, 6) is 0.450. The number of hydrogen-bond donors (Lipinski definition) is 2. The van der Waals surface area contributed by atoms with E-state index in [9.17, 15) is 4.79 Å². The van der Waals surface area contributed by atoms with Gasteiger partial charge in [0.2, 0.25) is 0 Å². The van der Waals surface area contributed by atoms with E-state index in [-0.39, 0.29) is 11.9 Å². The molecular weight excluding hydrogens is 264 g/mol. The SMILES string of the molecule is CCOc1ccc(C(=O)N[C@H](C)c2ccccc2)cc1N. The number of hydrogen-bond acceptors (Lipinski definition) is 3. The van der Waals surface area contributed by atoms with Crippen molar-refractivity contribution in [3.63, 3.8) is 0 Å². The number of carbonyl (C=O) groups excluding carboxylic acids is 1. The highest BCUT2D eigenvalue weighted by molar-refractivity contribution is 5.95. The Bertz CT molecular complexity index is 611. The number of nitrogens with one attached hydrogen (secondary N) is 1. The molecule has 0 fully saturated rings. The third-order valence-electron chi connectivity index (χ3n) is 3.22. The minimum Gasteiger partial charge on any atom is -0.492 e. The smallest absolute Gasteiger partial charge is 0.251 e. The Morgan fingerprint density at radius 1 is 1.24 bits per heavy atom. The van der Waals surface area contributed by atoms with E-state index in [4.69, 9.17) is 10.5 Å². The van der Waals surface area contributed by atoms with E-state index >= 15 is 0 Å². The molecule has 0 bridgehead atoms. The molecule has 4 heteroatoms. The molecule has 0 heterocycles. The van der Waals surface area contributed by atoms with Crippen LogP contribution in [0.25, 0.3) is 0 Å². The van der Waals surface area contributed by atoms with E-state index in [1.54, 1.807) is 18.2 Å². The second kappa shape index (κ2) is 6.79. The van der Waals surface area contributed by atoms with Crippen LogP contribution >= 0.6 is 0 Å². The number of nitrogens with two attached hydrogens (primary N) is 1. The molecule has 21 heavy (non-hydrogen) atoms. The number of nitrogen functional groups attached to an aromatic ring is 1. The zero-order chi connectivity index (χ0) is 15.2. The van der Waals surface area contributed by atoms with Gasteiger partial charge in [-0.1, -0.05) is 30.3 Å². The maximum absolute atomic E-state index is 12.2. The fourth-order valence-corrected chi connectivity index (χ4v) is 2.08. The second-order valence-corrected chi connectivity index (χ2v) is 4.79. The molecule has 0 saturated carbocycles. The van der Waals surface area contributed by atoms with E-state index in [1.165, 1.54) is 0 Å². The summed E-state index contributed by atoms with van der Waals surface area (Å²) in [6, 6.07) is 14.8. The van der Waals surface area contributed by atoms with E-state index in [0.29, 0.717) is 23.6 Å². The zero-order valence-corrected chi connectivity index (χ0v) is 12.3. The van der Waals surface area contributed by atoms with Crippen molar-refractivity contribution in [3.8, 4) is 5.75 Å². The molecule has 2 aromatic rings.